The van der Waals surface area contributed by atoms with Crippen LogP contribution in [0.1, 0.15) is 54.9 Å². The quantitative estimate of drug-likeness (QED) is 0.312. The molecule has 152 valence electrons. The van der Waals surface area contributed by atoms with E-state index < -0.39 is 0 Å². The monoisotopic (exact) mass is 458 g/mol. The minimum atomic E-state index is -0.331. The number of hydrogen-bond donors (Lipinski definition) is 2. The number of ether oxygens (including phenoxy) is 1. The molecule has 1 fully saturated rings. The number of anilines is 1. The zero-order valence-electron chi connectivity index (χ0n) is 16.1. The number of aliphatic hydroxyl groups is 1. The number of esters is 1. The molecule has 0 unspecified atom stereocenters. The van der Waals surface area contributed by atoms with Crippen molar-refractivity contribution in [2.24, 2.45) is 0 Å². The van der Waals surface area contributed by atoms with Gasteiger partial charge in [-0.1, -0.05) is 26.2 Å². The van der Waals surface area contributed by atoms with Crippen molar-refractivity contribution in [1.82, 2.24) is 4.90 Å². The Kier molecular flexibility index (Phi) is 9.96. The molecule has 7 heteroatoms. The summed E-state index contributed by atoms with van der Waals surface area (Å²) in [4.78, 5) is 14.9. The highest BCUT2D eigenvalue weighted by molar-refractivity contribution is 9.10. The Morgan fingerprint density at radius 2 is 2.07 bits per heavy atom. The smallest absolute Gasteiger partial charge is 0.338 e. The third-order valence-corrected chi connectivity index (χ3v) is 6.60. The molecular weight excluding hydrogens is 428 g/mol. The second-order valence-electron chi connectivity index (χ2n) is 6.86. The van der Waals surface area contributed by atoms with Gasteiger partial charge in [-0.15, -0.1) is 0 Å². The Morgan fingerprint density at radius 3 is 2.74 bits per heavy atom. The molecule has 0 aliphatic heterocycles. The lowest BCUT2D eigenvalue weighted by atomic mass is 9.93. The third kappa shape index (κ3) is 6.97. The van der Waals surface area contributed by atoms with Gasteiger partial charge in [0.15, 0.2) is 0 Å². The SMILES string of the molecule is CCN(Cc1cc(C(=O)OCCSCCO)cc(Br)c1N)C1CCCCC1. The molecule has 1 aliphatic carbocycles. The van der Waals surface area contributed by atoms with Crippen LogP contribution in [0, 0.1) is 0 Å². The first kappa shape index (κ1) is 22.5. The molecule has 0 amide bonds. The number of carbonyl (C=O) groups excluding carboxylic acids is 1. The van der Waals surface area contributed by atoms with Gasteiger partial charge in [0.2, 0.25) is 0 Å². The molecular formula is C20H31BrN2O3S. The molecule has 1 aromatic rings. The Morgan fingerprint density at radius 1 is 1.33 bits per heavy atom. The minimum Gasteiger partial charge on any atom is -0.461 e. The molecule has 0 bridgehead atoms. The lowest BCUT2D eigenvalue weighted by Gasteiger charge is -2.34. The van der Waals surface area contributed by atoms with E-state index >= 15 is 0 Å². The topological polar surface area (TPSA) is 75.8 Å². The number of thioether (sulfide) groups is 1. The van der Waals surface area contributed by atoms with E-state index in [0.717, 1.165) is 23.1 Å². The van der Waals surface area contributed by atoms with Gasteiger partial charge in [-0.05, 0) is 53.0 Å². The molecule has 0 aromatic heterocycles. The summed E-state index contributed by atoms with van der Waals surface area (Å²) < 4.78 is 6.09. The molecule has 0 spiro atoms. The number of halogens is 1. The van der Waals surface area contributed by atoms with Gasteiger partial charge in [-0.2, -0.15) is 11.8 Å². The number of rotatable bonds is 10. The van der Waals surface area contributed by atoms with Crippen molar-refractivity contribution < 1.29 is 14.6 Å². The van der Waals surface area contributed by atoms with Crippen molar-refractivity contribution >= 4 is 39.3 Å². The molecule has 3 N–H and O–H groups in total. The van der Waals surface area contributed by atoms with Crippen LogP contribution in [0.3, 0.4) is 0 Å². The number of nitrogens with two attached hydrogens (primary N) is 1. The number of benzene rings is 1. The number of aliphatic hydroxyl groups excluding tert-OH is 1. The number of carbonyl (C=O) groups is 1. The summed E-state index contributed by atoms with van der Waals surface area (Å²) in [5, 5.41) is 8.78. The van der Waals surface area contributed by atoms with Gasteiger partial charge >= 0.3 is 5.97 Å². The van der Waals surface area contributed by atoms with Gasteiger partial charge < -0.3 is 15.6 Å². The van der Waals surface area contributed by atoms with E-state index in [1.54, 1.807) is 17.8 Å². The first-order valence-electron chi connectivity index (χ1n) is 9.74. The fourth-order valence-corrected chi connectivity index (χ4v) is 4.57. The highest BCUT2D eigenvalue weighted by atomic mass is 79.9. The first-order valence-corrected chi connectivity index (χ1v) is 11.7. The number of nitrogen functional groups attached to an aromatic ring is 1. The molecule has 0 atom stereocenters. The van der Waals surface area contributed by atoms with Crippen LogP contribution < -0.4 is 5.73 Å². The normalized spacial score (nSPS) is 15.3. The second-order valence-corrected chi connectivity index (χ2v) is 8.94. The van der Waals surface area contributed by atoms with Gasteiger partial charge in [-0.3, -0.25) is 4.90 Å². The predicted octanol–water partition coefficient (Wildman–Crippen LogP) is 4.07. The Balaban J connectivity index is 2.04. The van der Waals surface area contributed by atoms with Crippen molar-refractivity contribution in [2.75, 3.05) is 37.0 Å². The summed E-state index contributed by atoms with van der Waals surface area (Å²) in [6.45, 7) is 4.38. The summed E-state index contributed by atoms with van der Waals surface area (Å²) in [5.41, 5.74) is 8.48. The lowest BCUT2D eigenvalue weighted by Crippen LogP contribution is -2.36. The second kappa shape index (κ2) is 11.9. The average molecular weight is 459 g/mol. The van der Waals surface area contributed by atoms with Crippen LogP contribution in [0.15, 0.2) is 16.6 Å². The van der Waals surface area contributed by atoms with E-state index in [0.29, 0.717) is 35.4 Å². The largest absolute Gasteiger partial charge is 0.461 e. The molecule has 1 saturated carbocycles. The van der Waals surface area contributed by atoms with E-state index in [1.165, 1.54) is 32.1 Å². The van der Waals surface area contributed by atoms with E-state index in [4.69, 9.17) is 15.6 Å². The first-order chi connectivity index (χ1) is 13.1. The van der Waals surface area contributed by atoms with Crippen LogP contribution in [0.4, 0.5) is 5.69 Å². The van der Waals surface area contributed by atoms with Gasteiger partial charge in [0.1, 0.15) is 6.61 Å². The molecule has 5 nitrogen and oxygen atoms in total. The number of nitrogens with zero attached hydrogens (tertiary/aromatic N) is 1. The van der Waals surface area contributed by atoms with Crippen molar-refractivity contribution in [3.05, 3.63) is 27.7 Å². The van der Waals surface area contributed by atoms with E-state index in [1.807, 2.05) is 6.07 Å². The van der Waals surface area contributed by atoms with Crippen molar-refractivity contribution in [1.29, 1.82) is 0 Å². The fourth-order valence-electron chi connectivity index (χ4n) is 3.53. The van der Waals surface area contributed by atoms with Crippen LogP contribution in [-0.2, 0) is 11.3 Å². The van der Waals surface area contributed by atoms with Crippen LogP contribution in [0.25, 0.3) is 0 Å². The van der Waals surface area contributed by atoms with E-state index in [2.05, 4.69) is 27.8 Å². The van der Waals surface area contributed by atoms with E-state index in [9.17, 15) is 4.79 Å². The zero-order chi connectivity index (χ0) is 19.6. The van der Waals surface area contributed by atoms with Crippen LogP contribution in [0.5, 0.6) is 0 Å². The van der Waals surface area contributed by atoms with Gasteiger partial charge in [0.25, 0.3) is 0 Å². The summed E-state index contributed by atoms with van der Waals surface area (Å²) in [6, 6.07) is 4.20. The standard InChI is InChI=1S/C20H31BrN2O3S/c1-2-23(17-6-4-3-5-7-17)14-16-12-15(13-18(21)19(16)22)20(25)26-9-11-27-10-8-24/h12-13,17,24H,2-11,14,22H2,1H3. The maximum atomic E-state index is 12.4. The van der Waals surface area contributed by atoms with Crippen LogP contribution in [0.2, 0.25) is 0 Å². The van der Waals surface area contributed by atoms with Crippen molar-refractivity contribution in [2.45, 2.75) is 51.6 Å². The van der Waals surface area contributed by atoms with Crippen molar-refractivity contribution in [3.63, 3.8) is 0 Å². The molecule has 0 radical (unpaired) electrons. The summed E-state index contributed by atoms with van der Waals surface area (Å²) in [5.74, 6) is 1.01. The lowest BCUT2D eigenvalue weighted by molar-refractivity contribution is 0.0530. The average Bonchev–Trinajstić information content (AvgIpc) is 2.69. The third-order valence-electron chi connectivity index (χ3n) is 5.02. The molecule has 1 aromatic carbocycles. The molecule has 0 heterocycles. The maximum Gasteiger partial charge on any atom is 0.338 e. The Bertz CT molecular complexity index is 609. The zero-order valence-corrected chi connectivity index (χ0v) is 18.5. The summed E-state index contributed by atoms with van der Waals surface area (Å²) in [6.07, 6.45) is 6.39. The predicted molar refractivity (Wildman–Crippen MR) is 116 cm³/mol. The van der Waals surface area contributed by atoms with Gasteiger partial charge in [0, 0.05) is 28.6 Å². The van der Waals surface area contributed by atoms with Gasteiger partial charge in [-0.25, -0.2) is 4.79 Å². The maximum absolute atomic E-state index is 12.4. The van der Waals surface area contributed by atoms with E-state index in [-0.39, 0.29) is 12.6 Å². The summed E-state index contributed by atoms with van der Waals surface area (Å²) >= 11 is 5.06. The van der Waals surface area contributed by atoms with Gasteiger partial charge in [0.05, 0.1) is 17.9 Å². The molecule has 27 heavy (non-hydrogen) atoms. The highest BCUT2D eigenvalue weighted by Crippen LogP contribution is 2.30. The Hall–Kier alpha value is -0.760. The molecule has 2 rings (SSSR count). The highest BCUT2D eigenvalue weighted by Gasteiger charge is 2.22. The fraction of sp³-hybridized carbons (Fsp3) is 0.650. The number of hydrogen-bond acceptors (Lipinski definition) is 6. The molecule has 0 saturated heterocycles. The molecule has 1 aliphatic rings. The van der Waals surface area contributed by atoms with Crippen LogP contribution in [-0.4, -0.2) is 53.3 Å². The minimum absolute atomic E-state index is 0.141. The van der Waals surface area contributed by atoms with Crippen LogP contribution >= 0.6 is 27.7 Å². The van der Waals surface area contributed by atoms with Crippen molar-refractivity contribution in [3.8, 4) is 0 Å². The summed E-state index contributed by atoms with van der Waals surface area (Å²) in [7, 11) is 0. The Labute approximate surface area is 175 Å².